The van der Waals surface area contributed by atoms with E-state index < -0.39 is 11.5 Å². The molecule has 0 saturated heterocycles. The Morgan fingerprint density at radius 2 is 2.16 bits per heavy atom. The minimum atomic E-state index is -1.54. The molecule has 160 valence electrons. The summed E-state index contributed by atoms with van der Waals surface area (Å²) >= 11 is 0. The second-order valence-corrected chi connectivity index (χ2v) is 7.92. The van der Waals surface area contributed by atoms with Gasteiger partial charge in [-0.1, -0.05) is 18.2 Å². The van der Waals surface area contributed by atoms with E-state index in [1.807, 2.05) is 31.2 Å². The number of hydrogen-bond donors (Lipinski definition) is 3. The fourth-order valence-electron chi connectivity index (χ4n) is 3.36. The fourth-order valence-corrected chi connectivity index (χ4v) is 3.36. The predicted molar refractivity (Wildman–Crippen MR) is 118 cm³/mol. The molecule has 0 bridgehead atoms. The number of fused-ring (bicyclic) bond motifs is 2. The van der Waals surface area contributed by atoms with Crippen LogP contribution in [0.25, 0.3) is 17.0 Å². The molecule has 3 aromatic rings. The number of aryl methyl sites for hydroxylation is 1. The lowest BCUT2D eigenvalue weighted by Gasteiger charge is -2.18. The Bertz CT molecular complexity index is 1200. The lowest BCUT2D eigenvalue weighted by molar-refractivity contribution is -0.131. The topological polar surface area (TPSA) is 108 Å². The molecule has 3 heterocycles. The minimum absolute atomic E-state index is 0.0548. The molecule has 0 saturated carbocycles. The number of carbonyl (C=O) groups excluding carboxylic acids is 2. The number of benzene rings is 1. The average molecular weight is 420 g/mol. The fraction of sp³-hybridized carbons (Fsp3) is 0.261. The first-order chi connectivity index (χ1) is 14.7. The molecule has 2 aromatic heterocycles. The van der Waals surface area contributed by atoms with Gasteiger partial charge in [0.2, 0.25) is 5.91 Å². The highest BCUT2D eigenvalue weighted by molar-refractivity contribution is 6.00. The van der Waals surface area contributed by atoms with E-state index in [0.29, 0.717) is 23.6 Å². The highest BCUT2D eigenvalue weighted by atomic mass is 16.3. The van der Waals surface area contributed by atoms with Crippen molar-refractivity contribution in [3.05, 3.63) is 59.5 Å². The van der Waals surface area contributed by atoms with Crippen molar-refractivity contribution in [3.8, 4) is 0 Å². The Balaban J connectivity index is 1.46. The van der Waals surface area contributed by atoms with Crippen LogP contribution in [0.5, 0.6) is 0 Å². The van der Waals surface area contributed by atoms with Gasteiger partial charge in [0.25, 0.3) is 5.91 Å². The van der Waals surface area contributed by atoms with Crippen LogP contribution in [0.1, 0.15) is 23.8 Å². The maximum absolute atomic E-state index is 12.6. The van der Waals surface area contributed by atoms with Gasteiger partial charge in [0.15, 0.2) is 11.4 Å². The summed E-state index contributed by atoms with van der Waals surface area (Å²) in [5.41, 5.74) is 1.55. The van der Waals surface area contributed by atoms with Gasteiger partial charge in [0, 0.05) is 30.3 Å². The first-order valence-electron chi connectivity index (χ1n) is 9.92. The molecule has 0 fully saturated rings. The highest BCUT2D eigenvalue weighted by Gasteiger charge is 2.33. The van der Waals surface area contributed by atoms with Crippen LogP contribution in [0, 0.1) is 6.92 Å². The monoisotopic (exact) mass is 420 g/mol. The van der Waals surface area contributed by atoms with Crippen LogP contribution in [0.2, 0.25) is 0 Å². The third kappa shape index (κ3) is 4.15. The maximum atomic E-state index is 12.6. The number of carbonyl (C=O) groups is 2. The van der Waals surface area contributed by atoms with Gasteiger partial charge in [0.1, 0.15) is 11.3 Å². The molecular weight excluding hydrogens is 396 g/mol. The van der Waals surface area contributed by atoms with E-state index in [-0.39, 0.29) is 12.5 Å². The predicted octanol–water partition coefficient (Wildman–Crippen LogP) is 2.92. The van der Waals surface area contributed by atoms with Crippen molar-refractivity contribution in [3.63, 3.8) is 0 Å². The van der Waals surface area contributed by atoms with Crippen LogP contribution in [-0.2, 0) is 16.1 Å². The van der Waals surface area contributed by atoms with Crippen molar-refractivity contribution < 1.29 is 19.1 Å². The lowest BCUT2D eigenvalue weighted by Crippen LogP contribution is -2.43. The Kier molecular flexibility index (Phi) is 5.24. The van der Waals surface area contributed by atoms with E-state index in [1.54, 1.807) is 30.3 Å². The van der Waals surface area contributed by atoms with Crippen LogP contribution >= 0.6 is 0 Å². The van der Waals surface area contributed by atoms with Gasteiger partial charge in [-0.25, -0.2) is 4.98 Å². The smallest absolute Gasteiger partial charge is 0.259 e. The molecule has 0 aliphatic carbocycles. The van der Waals surface area contributed by atoms with Crippen molar-refractivity contribution in [2.75, 3.05) is 24.2 Å². The molecule has 4 rings (SSSR count). The number of likely N-dealkylation sites (N-methyl/N-ethyl adjacent to an activating group) is 1. The zero-order chi connectivity index (χ0) is 22.2. The SMILES string of the molecule is Cc1c(CN(C)C(=O)C=Cc2cnc3c(c2)NCC(C)(O)C(=O)N3)oc2ccccc12. The number of furan rings is 1. The molecule has 1 aromatic carbocycles. The number of anilines is 2. The lowest BCUT2D eigenvalue weighted by atomic mass is 10.1. The largest absolute Gasteiger partial charge is 0.459 e. The number of nitrogens with one attached hydrogen (secondary N) is 2. The molecular formula is C23H24N4O4. The van der Waals surface area contributed by atoms with Gasteiger partial charge < -0.3 is 25.1 Å². The summed E-state index contributed by atoms with van der Waals surface area (Å²) in [5, 5.41) is 16.8. The molecule has 2 amide bonds. The second kappa shape index (κ2) is 7.88. The van der Waals surface area contributed by atoms with Crippen LogP contribution in [0.15, 0.2) is 47.0 Å². The molecule has 1 aliphatic heterocycles. The van der Waals surface area contributed by atoms with E-state index in [9.17, 15) is 14.7 Å². The summed E-state index contributed by atoms with van der Waals surface area (Å²) in [5.74, 6) is 0.388. The third-order valence-corrected chi connectivity index (χ3v) is 5.37. The number of rotatable bonds is 4. The minimum Gasteiger partial charge on any atom is -0.459 e. The van der Waals surface area contributed by atoms with Crippen molar-refractivity contribution >= 4 is 40.4 Å². The number of β-amino-alcohol motifs (C(OH)–C–C–N with tert-alkyl or cyclic N) is 1. The van der Waals surface area contributed by atoms with E-state index in [1.165, 1.54) is 13.0 Å². The molecule has 8 nitrogen and oxygen atoms in total. The molecule has 8 heteroatoms. The molecule has 0 radical (unpaired) electrons. The van der Waals surface area contributed by atoms with Crippen molar-refractivity contribution in [1.82, 2.24) is 9.88 Å². The summed E-state index contributed by atoms with van der Waals surface area (Å²) in [6.07, 6.45) is 4.67. The quantitative estimate of drug-likeness (QED) is 0.560. The van der Waals surface area contributed by atoms with Crippen LogP contribution in [-0.4, -0.2) is 46.0 Å². The van der Waals surface area contributed by atoms with Crippen LogP contribution in [0.4, 0.5) is 11.5 Å². The molecule has 1 atom stereocenters. The third-order valence-electron chi connectivity index (χ3n) is 5.37. The first-order valence-corrected chi connectivity index (χ1v) is 9.92. The Morgan fingerprint density at radius 3 is 2.94 bits per heavy atom. The van der Waals surface area contributed by atoms with Gasteiger partial charge in [-0.15, -0.1) is 0 Å². The molecule has 1 unspecified atom stereocenters. The van der Waals surface area contributed by atoms with E-state index >= 15 is 0 Å². The number of para-hydroxylation sites is 1. The Labute approximate surface area is 179 Å². The van der Waals surface area contributed by atoms with E-state index in [4.69, 9.17) is 4.42 Å². The van der Waals surface area contributed by atoms with Crippen molar-refractivity contribution in [1.29, 1.82) is 0 Å². The normalized spacial score (nSPS) is 18.4. The van der Waals surface area contributed by atoms with Crippen molar-refractivity contribution in [2.45, 2.75) is 26.0 Å². The summed E-state index contributed by atoms with van der Waals surface area (Å²) in [6.45, 7) is 3.83. The van der Waals surface area contributed by atoms with E-state index in [2.05, 4.69) is 15.6 Å². The molecule has 1 aliphatic rings. The zero-order valence-electron chi connectivity index (χ0n) is 17.6. The number of hydrogen-bond acceptors (Lipinski definition) is 6. The Hall–Kier alpha value is -3.65. The van der Waals surface area contributed by atoms with Gasteiger partial charge >= 0.3 is 0 Å². The molecule has 0 spiro atoms. The summed E-state index contributed by atoms with van der Waals surface area (Å²) < 4.78 is 5.89. The van der Waals surface area contributed by atoms with Gasteiger partial charge in [-0.3, -0.25) is 9.59 Å². The van der Waals surface area contributed by atoms with Gasteiger partial charge in [0.05, 0.1) is 18.8 Å². The average Bonchev–Trinajstić information content (AvgIpc) is 3.00. The number of amides is 2. The summed E-state index contributed by atoms with van der Waals surface area (Å²) in [6, 6.07) is 9.55. The molecule has 31 heavy (non-hydrogen) atoms. The van der Waals surface area contributed by atoms with Gasteiger partial charge in [-0.05, 0) is 37.6 Å². The van der Waals surface area contributed by atoms with Crippen LogP contribution < -0.4 is 10.6 Å². The van der Waals surface area contributed by atoms with Crippen molar-refractivity contribution in [2.24, 2.45) is 0 Å². The number of nitrogens with zero attached hydrogens (tertiary/aromatic N) is 2. The maximum Gasteiger partial charge on any atom is 0.259 e. The zero-order valence-corrected chi connectivity index (χ0v) is 17.6. The van der Waals surface area contributed by atoms with Gasteiger partial charge in [-0.2, -0.15) is 0 Å². The highest BCUT2D eigenvalue weighted by Crippen LogP contribution is 2.27. The first kappa shape index (κ1) is 20.6. The summed E-state index contributed by atoms with van der Waals surface area (Å²) in [7, 11) is 1.72. The number of pyridine rings is 1. The molecule has 3 N–H and O–H groups in total. The second-order valence-electron chi connectivity index (χ2n) is 7.92. The Morgan fingerprint density at radius 1 is 1.39 bits per heavy atom. The standard InChI is InChI=1S/C23H24N4O4/c1-14-16-6-4-5-7-18(16)31-19(14)12-27(3)20(28)9-8-15-10-17-21(24-11-15)26-22(29)23(2,30)13-25-17/h4-11,25,30H,12-13H2,1-3H3,(H,24,26,29). The number of aromatic nitrogens is 1. The number of aliphatic hydroxyl groups is 1. The summed E-state index contributed by atoms with van der Waals surface area (Å²) in [4.78, 5) is 30.4. The van der Waals surface area contributed by atoms with E-state index in [0.717, 1.165) is 22.3 Å². The van der Waals surface area contributed by atoms with Crippen LogP contribution in [0.3, 0.4) is 0 Å².